The predicted molar refractivity (Wildman–Crippen MR) is 82.3 cm³/mol. The molecule has 24 heavy (non-hydrogen) atoms. The molecule has 0 aromatic heterocycles. The molecule has 1 fully saturated rings. The maximum atomic E-state index is 13.6. The van der Waals surface area contributed by atoms with E-state index in [1.54, 1.807) is 0 Å². The lowest BCUT2D eigenvalue weighted by Crippen LogP contribution is -2.23. The van der Waals surface area contributed by atoms with Gasteiger partial charge < -0.3 is 4.74 Å². The Hall–Kier alpha value is -2.68. The molecular weight excluding hydrogens is 342 g/mol. The molecule has 3 rings (SSSR count). The summed E-state index contributed by atoms with van der Waals surface area (Å²) >= 11 is 0. The van der Waals surface area contributed by atoms with Gasteiger partial charge in [0.1, 0.15) is 23.9 Å². The second-order valence-electron chi connectivity index (χ2n) is 4.96. The number of para-hydroxylation sites is 1. The Bertz CT molecular complexity index is 865. The first-order valence-corrected chi connectivity index (χ1v) is 8.38. The van der Waals surface area contributed by atoms with Gasteiger partial charge in [0, 0.05) is 5.69 Å². The summed E-state index contributed by atoms with van der Waals surface area (Å²) in [6.45, 7) is 0.622. The van der Waals surface area contributed by atoms with Gasteiger partial charge in [0.25, 0.3) is 10.0 Å². The number of anilines is 2. The van der Waals surface area contributed by atoms with E-state index in [2.05, 4.69) is 0 Å². The summed E-state index contributed by atoms with van der Waals surface area (Å²) in [4.78, 5) is 12.6. The van der Waals surface area contributed by atoms with E-state index in [-0.39, 0.29) is 11.5 Å². The third kappa shape index (κ3) is 3.02. The molecule has 2 aromatic rings. The number of benzene rings is 2. The monoisotopic (exact) mass is 354 g/mol. The molecule has 1 heterocycles. The lowest BCUT2D eigenvalue weighted by Gasteiger charge is -2.14. The van der Waals surface area contributed by atoms with Crippen molar-refractivity contribution in [1.82, 2.24) is 0 Å². The second kappa shape index (κ2) is 6.08. The zero-order valence-electron chi connectivity index (χ0n) is 12.2. The van der Waals surface area contributed by atoms with Gasteiger partial charge in [-0.1, -0.05) is 6.07 Å². The molecule has 9 heteroatoms. The van der Waals surface area contributed by atoms with Crippen molar-refractivity contribution < 1.29 is 26.7 Å². The maximum Gasteiger partial charge on any atom is 0.414 e. The van der Waals surface area contributed by atoms with Gasteiger partial charge in [0.2, 0.25) is 0 Å². The number of nitrogens with zero attached hydrogens (tertiary/aromatic N) is 1. The highest BCUT2D eigenvalue weighted by Crippen LogP contribution is 2.24. The normalized spacial score (nSPS) is 14.6. The Morgan fingerprint density at radius 3 is 2.21 bits per heavy atom. The van der Waals surface area contributed by atoms with Crippen molar-refractivity contribution in [3.05, 3.63) is 54.1 Å². The van der Waals surface area contributed by atoms with E-state index in [1.165, 1.54) is 29.2 Å². The quantitative estimate of drug-likeness (QED) is 0.916. The van der Waals surface area contributed by atoms with Crippen LogP contribution in [0.2, 0.25) is 0 Å². The van der Waals surface area contributed by atoms with Gasteiger partial charge in [-0.05, 0) is 36.4 Å². The first-order valence-electron chi connectivity index (χ1n) is 6.90. The van der Waals surface area contributed by atoms with E-state index in [9.17, 15) is 22.0 Å². The lowest BCUT2D eigenvalue weighted by molar-refractivity contribution is 0.181. The number of carbonyl (C=O) groups excluding carboxylic acids is 1. The molecule has 0 saturated carbocycles. The first kappa shape index (κ1) is 16.2. The van der Waals surface area contributed by atoms with Gasteiger partial charge in [-0.2, -0.15) is 0 Å². The zero-order chi connectivity index (χ0) is 17.3. The summed E-state index contributed by atoms with van der Waals surface area (Å²) in [6.07, 6.45) is -0.517. The number of cyclic esters (lactones) is 1. The number of ether oxygens (including phenoxy) is 1. The topological polar surface area (TPSA) is 75.7 Å². The molecule has 126 valence electrons. The van der Waals surface area contributed by atoms with Crippen LogP contribution in [0.4, 0.5) is 25.0 Å². The molecule has 1 aliphatic heterocycles. The minimum atomic E-state index is -4.18. The molecule has 1 amide bonds. The van der Waals surface area contributed by atoms with Gasteiger partial charge in [-0.3, -0.25) is 9.62 Å². The minimum absolute atomic E-state index is 0.193. The SMILES string of the molecule is O=C1OCCN1c1ccc(S(=O)(=O)Nc2c(F)cccc2F)cc1. The molecule has 2 aromatic carbocycles. The van der Waals surface area contributed by atoms with Crippen molar-refractivity contribution in [1.29, 1.82) is 0 Å². The summed E-state index contributed by atoms with van der Waals surface area (Å²) < 4.78 is 58.4. The van der Waals surface area contributed by atoms with Crippen LogP contribution in [0.5, 0.6) is 0 Å². The van der Waals surface area contributed by atoms with Crippen LogP contribution in [-0.2, 0) is 14.8 Å². The number of halogens is 2. The number of hydrogen-bond donors (Lipinski definition) is 1. The number of hydrogen-bond acceptors (Lipinski definition) is 4. The van der Waals surface area contributed by atoms with Gasteiger partial charge in [-0.25, -0.2) is 22.0 Å². The molecule has 1 saturated heterocycles. The highest BCUT2D eigenvalue weighted by atomic mass is 32.2. The molecule has 0 atom stereocenters. The summed E-state index contributed by atoms with van der Waals surface area (Å²) in [5.74, 6) is -2.04. The number of sulfonamides is 1. The smallest absolute Gasteiger partial charge is 0.414 e. The van der Waals surface area contributed by atoms with E-state index >= 15 is 0 Å². The highest BCUT2D eigenvalue weighted by molar-refractivity contribution is 7.92. The average molecular weight is 354 g/mol. The van der Waals surface area contributed by atoms with Gasteiger partial charge in [0.05, 0.1) is 11.4 Å². The van der Waals surface area contributed by atoms with Gasteiger partial charge in [-0.15, -0.1) is 0 Å². The summed E-state index contributed by atoms with van der Waals surface area (Å²) in [6, 6.07) is 8.33. The van der Waals surface area contributed by atoms with E-state index in [1.807, 2.05) is 4.72 Å². The Balaban J connectivity index is 1.86. The average Bonchev–Trinajstić information content (AvgIpc) is 2.97. The van der Waals surface area contributed by atoms with E-state index in [0.717, 1.165) is 18.2 Å². The van der Waals surface area contributed by atoms with Gasteiger partial charge >= 0.3 is 6.09 Å². The van der Waals surface area contributed by atoms with E-state index in [0.29, 0.717) is 12.2 Å². The van der Waals surface area contributed by atoms with Crippen LogP contribution >= 0.6 is 0 Å². The Morgan fingerprint density at radius 2 is 1.67 bits per heavy atom. The van der Waals surface area contributed by atoms with Gasteiger partial charge in [0.15, 0.2) is 0 Å². The van der Waals surface area contributed by atoms with Crippen molar-refractivity contribution >= 4 is 27.5 Å². The van der Waals surface area contributed by atoms with Crippen LogP contribution in [0.1, 0.15) is 0 Å². The summed E-state index contributed by atoms with van der Waals surface area (Å²) in [7, 11) is -4.18. The molecule has 0 bridgehead atoms. The second-order valence-corrected chi connectivity index (χ2v) is 6.64. The van der Waals surface area contributed by atoms with Crippen LogP contribution in [-0.4, -0.2) is 27.7 Å². The Kier molecular flexibility index (Phi) is 4.10. The van der Waals surface area contributed by atoms with Crippen molar-refractivity contribution in [2.24, 2.45) is 0 Å². The molecule has 0 unspecified atom stereocenters. The van der Waals surface area contributed by atoms with Crippen LogP contribution in [0.15, 0.2) is 47.4 Å². The molecule has 0 radical (unpaired) electrons. The van der Waals surface area contributed by atoms with Crippen LogP contribution < -0.4 is 9.62 Å². The van der Waals surface area contributed by atoms with Crippen LogP contribution in [0.3, 0.4) is 0 Å². The largest absolute Gasteiger partial charge is 0.447 e. The third-order valence-corrected chi connectivity index (χ3v) is 4.78. The Labute approximate surface area is 136 Å². The number of carbonyl (C=O) groups is 1. The standard InChI is InChI=1S/C15H12F2N2O4S/c16-12-2-1-3-13(17)14(12)18-24(21,22)11-6-4-10(5-7-11)19-8-9-23-15(19)20/h1-7,18H,8-9H2. The molecule has 1 N–H and O–H groups in total. The number of nitrogens with one attached hydrogen (secondary N) is 1. The van der Waals surface area contributed by atoms with Crippen molar-refractivity contribution in [3.63, 3.8) is 0 Å². The highest BCUT2D eigenvalue weighted by Gasteiger charge is 2.24. The first-order chi connectivity index (χ1) is 11.4. The zero-order valence-corrected chi connectivity index (χ0v) is 13.0. The number of amides is 1. The molecule has 0 aliphatic carbocycles. The fraction of sp³-hybridized carbons (Fsp3) is 0.133. The molecule has 6 nitrogen and oxygen atoms in total. The minimum Gasteiger partial charge on any atom is -0.447 e. The fourth-order valence-corrected chi connectivity index (χ4v) is 3.30. The van der Waals surface area contributed by atoms with Crippen molar-refractivity contribution in [3.8, 4) is 0 Å². The maximum absolute atomic E-state index is 13.6. The lowest BCUT2D eigenvalue weighted by atomic mass is 10.3. The number of rotatable bonds is 4. The molecule has 1 aliphatic rings. The Morgan fingerprint density at radius 1 is 1.04 bits per heavy atom. The molecular formula is C15H12F2N2O4S. The van der Waals surface area contributed by atoms with E-state index in [4.69, 9.17) is 4.74 Å². The third-order valence-electron chi connectivity index (χ3n) is 3.42. The summed E-state index contributed by atoms with van der Waals surface area (Å²) in [5.41, 5.74) is -0.279. The van der Waals surface area contributed by atoms with Crippen molar-refractivity contribution in [2.45, 2.75) is 4.90 Å². The fourth-order valence-electron chi connectivity index (χ4n) is 2.22. The van der Waals surface area contributed by atoms with Crippen LogP contribution in [0.25, 0.3) is 0 Å². The van der Waals surface area contributed by atoms with Crippen LogP contribution in [0, 0.1) is 11.6 Å². The predicted octanol–water partition coefficient (Wildman–Crippen LogP) is 2.72. The van der Waals surface area contributed by atoms with E-state index < -0.39 is 33.4 Å². The van der Waals surface area contributed by atoms with Crippen molar-refractivity contribution in [2.75, 3.05) is 22.8 Å². The summed E-state index contributed by atoms with van der Waals surface area (Å²) in [5, 5.41) is 0. The molecule has 0 spiro atoms.